The van der Waals surface area contributed by atoms with E-state index in [1.165, 1.54) is 103 Å². The quantitative estimate of drug-likeness (QED) is 0.388. The normalized spacial score (nSPS) is 44.0. The van der Waals surface area contributed by atoms with Crippen molar-refractivity contribution in [2.24, 2.45) is 46.8 Å². The third kappa shape index (κ3) is 5.76. The number of hydrogen-bond donors (Lipinski definition) is 2. The first kappa shape index (κ1) is 25.0. The van der Waals surface area contributed by atoms with Gasteiger partial charge in [-0.2, -0.15) is 0 Å². The molecule has 0 spiro atoms. The highest BCUT2D eigenvalue weighted by atomic mass is 16.5. The molecule has 0 aromatic heterocycles. The molecule has 4 saturated carbocycles. The van der Waals surface area contributed by atoms with Crippen LogP contribution in [-0.2, 0) is 0 Å². The molecule has 1 atom stereocenters. The van der Waals surface area contributed by atoms with Crippen LogP contribution in [0.25, 0.3) is 0 Å². The molecule has 0 bridgehead atoms. The van der Waals surface area contributed by atoms with Crippen molar-refractivity contribution in [1.29, 1.82) is 0 Å². The van der Waals surface area contributed by atoms with Crippen LogP contribution in [0.5, 0.6) is 0 Å². The number of aliphatic hydroxyl groups excluding tert-OH is 1. The fourth-order valence-electron chi connectivity index (χ4n) is 9.22. The van der Waals surface area contributed by atoms with E-state index in [2.05, 4.69) is 13.8 Å². The maximum atomic E-state index is 9.57. The van der Waals surface area contributed by atoms with Crippen LogP contribution in [0.2, 0.25) is 0 Å². The van der Waals surface area contributed by atoms with Crippen molar-refractivity contribution >= 4 is 0 Å². The molecule has 0 radical (unpaired) electrons. The lowest BCUT2D eigenvalue weighted by Crippen LogP contribution is -2.45. The van der Waals surface area contributed by atoms with Gasteiger partial charge in [-0.1, -0.05) is 65.2 Å². The molecule has 1 unspecified atom stereocenters. The molecule has 0 aliphatic heterocycles. The Hall–Kier alpha value is -0.0800. The molecule has 0 aromatic carbocycles. The molecule has 4 aliphatic rings. The fraction of sp³-hybridized carbons (Fsp3) is 1.00. The maximum absolute atomic E-state index is 9.57. The zero-order valence-corrected chi connectivity index (χ0v) is 21.4. The Morgan fingerprint density at radius 3 is 1.59 bits per heavy atom. The van der Waals surface area contributed by atoms with E-state index in [1.807, 2.05) is 0 Å². The molecule has 4 fully saturated rings. The minimum absolute atomic E-state index is 0.138. The molecule has 0 amide bonds. The van der Waals surface area contributed by atoms with E-state index < -0.39 is 6.29 Å². The molecule has 186 valence electrons. The number of aliphatic hydroxyl groups is 2. The summed E-state index contributed by atoms with van der Waals surface area (Å²) >= 11 is 0. The summed E-state index contributed by atoms with van der Waals surface area (Å²) < 4.78 is 0. The summed E-state index contributed by atoms with van der Waals surface area (Å²) in [5, 5.41) is 19.1. The van der Waals surface area contributed by atoms with Crippen LogP contribution in [0.3, 0.4) is 0 Å². The van der Waals surface area contributed by atoms with Gasteiger partial charge in [-0.05, 0) is 112 Å². The Morgan fingerprint density at radius 2 is 1.12 bits per heavy atom. The van der Waals surface area contributed by atoms with E-state index in [1.54, 1.807) is 6.42 Å². The van der Waals surface area contributed by atoms with Gasteiger partial charge < -0.3 is 10.2 Å². The lowest BCUT2D eigenvalue weighted by molar-refractivity contribution is -0.0972. The summed E-state index contributed by atoms with van der Waals surface area (Å²) in [5.74, 6) is 5.97. The van der Waals surface area contributed by atoms with Crippen LogP contribution in [0.15, 0.2) is 0 Å². The SMILES string of the molecule is CCC1CCC(C2(C3CCC(CC)CC3)CCCC(CC3CCC(C(O)O)CC3)C2)CC1. The lowest BCUT2D eigenvalue weighted by Gasteiger charge is -2.55. The molecule has 4 aliphatic carbocycles. The predicted octanol–water partition coefficient (Wildman–Crippen LogP) is 8.10. The first-order valence-electron chi connectivity index (χ1n) is 14.9. The van der Waals surface area contributed by atoms with Crippen LogP contribution >= 0.6 is 0 Å². The van der Waals surface area contributed by atoms with Gasteiger partial charge in [0.25, 0.3) is 0 Å². The Bertz CT molecular complexity index is 509. The summed E-state index contributed by atoms with van der Waals surface area (Å²) in [6, 6.07) is 0. The smallest absolute Gasteiger partial charge is 0.154 e. The molecule has 0 saturated heterocycles. The topological polar surface area (TPSA) is 40.5 Å². The second-order valence-electron chi connectivity index (χ2n) is 12.9. The third-order valence-electron chi connectivity index (χ3n) is 11.4. The van der Waals surface area contributed by atoms with E-state index in [4.69, 9.17) is 0 Å². The van der Waals surface area contributed by atoms with Crippen LogP contribution in [0, 0.1) is 46.8 Å². The van der Waals surface area contributed by atoms with Crippen molar-refractivity contribution in [3.05, 3.63) is 0 Å². The molecular formula is C30H54O2. The van der Waals surface area contributed by atoms with E-state index in [0.717, 1.165) is 48.3 Å². The molecular weight excluding hydrogens is 392 g/mol. The first-order chi connectivity index (χ1) is 15.5. The summed E-state index contributed by atoms with van der Waals surface area (Å²) in [7, 11) is 0. The van der Waals surface area contributed by atoms with Gasteiger partial charge in [0.05, 0.1) is 0 Å². The zero-order chi connectivity index (χ0) is 22.6. The second kappa shape index (κ2) is 11.6. The maximum Gasteiger partial charge on any atom is 0.154 e. The Kier molecular flexibility index (Phi) is 9.05. The van der Waals surface area contributed by atoms with Gasteiger partial charge in [0.1, 0.15) is 0 Å². The Balaban J connectivity index is 1.42. The molecule has 2 heteroatoms. The average molecular weight is 447 g/mol. The molecule has 32 heavy (non-hydrogen) atoms. The lowest BCUT2D eigenvalue weighted by atomic mass is 9.50. The van der Waals surface area contributed by atoms with Crippen LogP contribution < -0.4 is 0 Å². The van der Waals surface area contributed by atoms with Gasteiger partial charge in [0.2, 0.25) is 0 Å². The summed E-state index contributed by atoms with van der Waals surface area (Å²) in [4.78, 5) is 0. The van der Waals surface area contributed by atoms with Crippen molar-refractivity contribution in [2.45, 2.75) is 142 Å². The number of hydrogen-bond acceptors (Lipinski definition) is 2. The fourth-order valence-corrected chi connectivity index (χ4v) is 9.22. The molecule has 2 nitrogen and oxygen atoms in total. The van der Waals surface area contributed by atoms with Gasteiger partial charge in [-0.3, -0.25) is 0 Å². The van der Waals surface area contributed by atoms with Crippen molar-refractivity contribution < 1.29 is 10.2 Å². The summed E-state index contributed by atoms with van der Waals surface area (Å²) in [6.45, 7) is 4.82. The highest BCUT2D eigenvalue weighted by molar-refractivity contribution is 4.99. The Labute approximate surface area is 199 Å². The second-order valence-corrected chi connectivity index (χ2v) is 12.9. The van der Waals surface area contributed by atoms with Gasteiger partial charge in [0, 0.05) is 5.92 Å². The van der Waals surface area contributed by atoms with Gasteiger partial charge in [0.15, 0.2) is 6.29 Å². The largest absolute Gasteiger partial charge is 0.368 e. The average Bonchev–Trinajstić information content (AvgIpc) is 2.84. The zero-order valence-electron chi connectivity index (χ0n) is 21.4. The molecule has 4 rings (SSSR count). The first-order valence-corrected chi connectivity index (χ1v) is 14.9. The number of rotatable bonds is 7. The van der Waals surface area contributed by atoms with Crippen LogP contribution in [0.1, 0.15) is 136 Å². The van der Waals surface area contributed by atoms with E-state index in [9.17, 15) is 10.2 Å². The highest BCUT2D eigenvalue weighted by Gasteiger charge is 2.49. The van der Waals surface area contributed by atoms with Gasteiger partial charge in [-0.15, -0.1) is 0 Å². The van der Waals surface area contributed by atoms with E-state index >= 15 is 0 Å². The van der Waals surface area contributed by atoms with Crippen molar-refractivity contribution in [1.82, 2.24) is 0 Å². The minimum atomic E-state index is -1.09. The standard InChI is InChI=1S/C30H54O2/c1-3-22-9-15-27(16-10-22)30(28-17-11-23(4-2)12-18-28)19-5-6-25(21-30)20-24-7-13-26(14-8-24)29(31)32/h22-29,31-32H,3-21H2,1-2H3. The summed E-state index contributed by atoms with van der Waals surface area (Å²) in [6.07, 6.45) is 25.8. The van der Waals surface area contributed by atoms with Crippen molar-refractivity contribution in [2.75, 3.05) is 0 Å². The van der Waals surface area contributed by atoms with Crippen molar-refractivity contribution in [3.63, 3.8) is 0 Å². The Morgan fingerprint density at radius 1 is 0.625 bits per heavy atom. The molecule has 0 heterocycles. The predicted molar refractivity (Wildman–Crippen MR) is 134 cm³/mol. The minimum Gasteiger partial charge on any atom is -0.368 e. The third-order valence-corrected chi connectivity index (χ3v) is 11.4. The van der Waals surface area contributed by atoms with Gasteiger partial charge in [-0.25, -0.2) is 0 Å². The van der Waals surface area contributed by atoms with E-state index in [-0.39, 0.29) is 5.92 Å². The highest BCUT2D eigenvalue weighted by Crippen LogP contribution is 2.59. The summed E-state index contributed by atoms with van der Waals surface area (Å²) in [5.41, 5.74) is 0.666. The van der Waals surface area contributed by atoms with E-state index in [0.29, 0.717) is 5.41 Å². The van der Waals surface area contributed by atoms with Crippen LogP contribution in [-0.4, -0.2) is 16.5 Å². The van der Waals surface area contributed by atoms with Gasteiger partial charge >= 0.3 is 0 Å². The molecule has 0 aromatic rings. The molecule has 2 N–H and O–H groups in total. The van der Waals surface area contributed by atoms with Crippen molar-refractivity contribution in [3.8, 4) is 0 Å². The van der Waals surface area contributed by atoms with Crippen LogP contribution in [0.4, 0.5) is 0 Å². The monoisotopic (exact) mass is 446 g/mol.